The van der Waals surface area contributed by atoms with Gasteiger partial charge >= 0.3 is 0 Å². The van der Waals surface area contributed by atoms with Crippen molar-refractivity contribution in [3.05, 3.63) is 24.3 Å². The van der Waals surface area contributed by atoms with Gasteiger partial charge in [-0.1, -0.05) is 13.8 Å². The summed E-state index contributed by atoms with van der Waals surface area (Å²) in [5.41, 5.74) is 2.10. The first kappa shape index (κ1) is 16.3. The monoisotopic (exact) mass is 277 g/mol. The minimum Gasteiger partial charge on any atom is -0.378 e. The van der Waals surface area contributed by atoms with E-state index in [9.17, 15) is 4.79 Å². The van der Waals surface area contributed by atoms with Gasteiger partial charge in [0.25, 0.3) is 0 Å². The summed E-state index contributed by atoms with van der Waals surface area (Å²) in [5.74, 6) is 0.0513. The average molecular weight is 277 g/mol. The van der Waals surface area contributed by atoms with Crippen LogP contribution in [-0.2, 0) is 4.79 Å². The third-order valence-corrected chi connectivity index (χ3v) is 3.49. The summed E-state index contributed by atoms with van der Waals surface area (Å²) in [6, 6.07) is 8.09. The van der Waals surface area contributed by atoms with E-state index in [0.29, 0.717) is 0 Å². The fourth-order valence-electron chi connectivity index (χ4n) is 1.99. The predicted octanol–water partition coefficient (Wildman–Crippen LogP) is 2.86. The maximum absolute atomic E-state index is 12.1. The third kappa shape index (κ3) is 4.76. The summed E-state index contributed by atoms with van der Waals surface area (Å²) in [6.07, 6.45) is 1.93. The van der Waals surface area contributed by atoms with Crippen molar-refractivity contribution in [2.75, 3.05) is 24.3 Å². The number of benzene rings is 1. The summed E-state index contributed by atoms with van der Waals surface area (Å²) in [6.45, 7) is 6.07. The van der Waals surface area contributed by atoms with E-state index in [1.54, 1.807) is 0 Å². The van der Waals surface area contributed by atoms with Crippen molar-refractivity contribution in [3.63, 3.8) is 0 Å². The maximum atomic E-state index is 12.1. The molecule has 0 heterocycles. The highest BCUT2D eigenvalue weighted by Crippen LogP contribution is 2.16. The Morgan fingerprint density at radius 2 is 1.70 bits per heavy atom. The molecule has 1 amide bonds. The van der Waals surface area contributed by atoms with Crippen LogP contribution in [0, 0.1) is 0 Å². The molecule has 0 aliphatic heterocycles. The van der Waals surface area contributed by atoms with Gasteiger partial charge in [-0.25, -0.2) is 0 Å². The molecule has 112 valence electrons. The van der Waals surface area contributed by atoms with Gasteiger partial charge in [-0.3, -0.25) is 4.79 Å². The molecule has 0 saturated carbocycles. The van der Waals surface area contributed by atoms with Crippen molar-refractivity contribution >= 4 is 17.3 Å². The number of carbonyl (C=O) groups excluding carboxylic acids is 1. The molecule has 1 aromatic rings. The van der Waals surface area contributed by atoms with E-state index in [2.05, 4.69) is 24.5 Å². The molecule has 0 fully saturated rings. The minimum atomic E-state index is -0.235. The number of rotatable bonds is 7. The van der Waals surface area contributed by atoms with E-state index in [1.165, 1.54) is 0 Å². The summed E-state index contributed by atoms with van der Waals surface area (Å²) in [7, 11) is 4.02. The van der Waals surface area contributed by atoms with Crippen molar-refractivity contribution in [2.24, 2.45) is 0 Å². The smallest absolute Gasteiger partial charge is 0.242 e. The van der Waals surface area contributed by atoms with Crippen LogP contribution in [0.2, 0.25) is 0 Å². The van der Waals surface area contributed by atoms with Crippen LogP contribution in [0.15, 0.2) is 24.3 Å². The highest BCUT2D eigenvalue weighted by atomic mass is 16.2. The second kappa shape index (κ2) is 7.78. The van der Waals surface area contributed by atoms with E-state index < -0.39 is 0 Å². The van der Waals surface area contributed by atoms with Crippen molar-refractivity contribution in [3.8, 4) is 0 Å². The molecule has 1 atom stereocenters. The molecule has 20 heavy (non-hydrogen) atoms. The minimum absolute atomic E-state index is 0.0513. The van der Waals surface area contributed by atoms with Crippen LogP contribution >= 0.6 is 0 Å². The van der Waals surface area contributed by atoms with Gasteiger partial charge in [-0.15, -0.1) is 0 Å². The summed E-state index contributed by atoms with van der Waals surface area (Å²) in [4.78, 5) is 14.1. The zero-order valence-corrected chi connectivity index (χ0v) is 13.2. The number of hydrogen-bond acceptors (Lipinski definition) is 3. The second-order valence-electron chi connectivity index (χ2n) is 5.33. The molecule has 1 rings (SSSR count). The molecule has 0 radical (unpaired) electrons. The first-order valence-electron chi connectivity index (χ1n) is 7.32. The molecule has 0 aliphatic rings. The van der Waals surface area contributed by atoms with Crippen molar-refractivity contribution in [1.29, 1.82) is 0 Å². The van der Waals surface area contributed by atoms with Crippen LogP contribution in [0.5, 0.6) is 0 Å². The highest BCUT2D eigenvalue weighted by molar-refractivity contribution is 5.84. The number of hydrogen-bond donors (Lipinski definition) is 2. The summed E-state index contributed by atoms with van der Waals surface area (Å²) in [5, 5.41) is 6.29. The molecule has 1 unspecified atom stereocenters. The van der Waals surface area contributed by atoms with Gasteiger partial charge < -0.3 is 15.5 Å². The lowest BCUT2D eigenvalue weighted by molar-refractivity contribution is -0.122. The van der Waals surface area contributed by atoms with Crippen LogP contribution in [0.25, 0.3) is 0 Å². The lowest BCUT2D eigenvalue weighted by Crippen LogP contribution is -2.42. The molecule has 4 heteroatoms. The van der Waals surface area contributed by atoms with E-state index >= 15 is 0 Å². The van der Waals surface area contributed by atoms with E-state index in [4.69, 9.17) is 0 Å². The molecule has 4 nitrogen and oxygen atoms in total. The Hall–Kier alpha value is -1.71. The zero-order valence-electron chi connectivity index (χ0n) is 13.2. The zero-order chi connectivity index (χ0) is 15.1. The van der Waals surface area contributed by atoms with Gasteiger partial charge in [0.05, 0.1) is 0 Å². The quantitative estimate of drug-likeness (QED) is 0.805. The normalized spacial score (nSPS) is 12.1. The molecular formula is C16H27N3O. The molecule has 0 spiro atoms. The average Bonchev–Trinajstić information content (AvgIpc) is 2.44. The molecule has 2 N–H and O–H groups in total. The third-order valence-electron chi connectivity index (χ3n) is 3.49. The van der Waals surface area contributed by atoms with Crippen LogP contribution < -0.4 is 15.5 Å². The van der Waals surface area contributed by atoms with Gasteiger partial charge in [0.1, 0.15) is 6.04 Å². The number of nitrogens with zero attached hydrogens (tertiary/aromatic N) is 1. The van der Waals surface area contributed by atoms with Gasteiger partial charge in [0.15, 0.2) is 0 Å². The maximum Gasteiger partial charge on any atom is 0.242 e. The highest BCUT2D eigenvalue weighted by Gasteiger charge is 2.15. The standard InChI is InChI=1S/C16H27N3O/c1-6-13(7-2)18-16(20)12(3)17-14-8-10-15(11-9-14)19(4)5/h8-13,17H,6-7H2,1-5H3,(H,18,20). The molecule has 0 aromatic heterocycles. The van der Waals surface area contributed by atoms with Crippen molar-refractivity contribution < 1.29 is 4.79 Å². The Labute approximate surface area is 122 Å². The number of amides is 1. The van der Waals surface area contributed by atoms with E-state index in [0.717, 1.165) is 24.2 Å². The van der Waals surface area contributed by atoms with Crippen LogP contribution in [0.4, 0.5) is 11.4 Å². The van der Waals surface area contributed by atoms with Crippen LogP contribution in [0.1, 0.15) is 33.6 Å². The fourth-order valence-corrected chi connectivity index (χ4v) is 1.99. The van der Waals surface area contributed by atoms with Crippen molar-refractivity contribution in [1.82, 2.24) is 5.32 Å². The van der Waals surface area contributed by atoms with Gasteiger partial charge in [0.2, 0.25) is 5.91 Å². The van der Waals surface area contributed by atoms with Gasteiger partial charge in [0, 0.05) is 31.5 Å². The Morgan fingerprint density at radius 3 is 2.15 bits per heavy atom. The van der Waals surface area contributed by atoms with Crippen LogP contribution in [-0.4, -0.2) is 32.1 Å². The largest absolute Gasteiger partial charge is 0.378 e. The molecular weight excluding hydrogens is 250 g/mol. The lowest BCUT2D eigenvalue weighted by Gasteiger charge is -2.20. The molecule has 0 saturated heterocycles. The number of anilines is 2. The Kier molecular flexibility index (Phi) is 6.36. The van der Waals surface area contributed by atoms with Gasteiger partial charge in [-0.2, -0.15) is 0 Å². The summed E-state index contributed by atoms with van der Waals surface area (Å²) >= 11 is 0. The fraction of sp³-hybridized carbons (Fsp3) is 0.562. The van der Waals surface area contributed by atoms with Gasteiger partial charge in [-0.05, 0) is 44.0 Å². The molecule has 0 aliphatic carbocycles. The SMILES string of the molecule is CCC(CC)NC(=O)C(C)Nc1ccc(N(C)C)cc1. The number of nitrogens with one attached hydrogen (secondary N) is 2. The topological polar surface area (TPSA) is 44.4 Å². The Bertz CT molecular complexity index is 410. The lowest BCUT2D eigenvalue weighted by atomic mass is 10.1. The van der Waals surface area contributed by atoms with Crippen molar-refractivity contribution in [2.45, 2.75) is 45.7 Å². The predicted molar refractivity (Wildman–Crippen MR) is 86.4 cm³/mol. The Morgan fingerprint density at radius 1 is 1.15 bits per heavy atom. The second-order valence-corrected chi connectivity index (χ2v) is 5.33. The van der Waals surface area contributed by atoms with E-state index in [-0.39, 0.29) is 18.0 Å². The molecule has 1 aromatic carbocycles. The Balaban J connectivity index is 2.56. The summed E-state index contributed by atoms with van der Waals surface area (Å²) < 4.78 is 0. The first-order valence-corrected chi connectivity index (χ1v) is 7.32. The number of carbonyl (C=O) groups is 1. The van der Waals surface area contributed by atoms with Crippen LogP contribution in [0.3, 0.4) is 0 Å². The van der Waals surface area contributed by atoms with E-state index in [1.807, 2.05) is 50.2 Å². The first-order chi connectivity index (χ1) is 9.47. The molecule has 0 bridgehead atoms.